The number of nitrogens with two attached hydrogens (primary N) is 1. The van der Waals surface area contributed by atoms with Gasteiger partial charge in [-0.15, -0.1) is 0 Å². The summed E-state index contributed by atoms with van der Waals surface area (Å²) < 4.78 is 0. The Morgan fingerprint density at radius 2 is 1.42 bits per heavy atom. The third-order valence-corrected chi connectivity index (χ3v) is 7.61. The summed E-state index contributed by atoms with van der Waals surface area (Å²) in [5, 5.41) is 8.09. The molecule has 2 rings (SSSR count). The first-order valence-electron chi connectivity index (χ1n) is 15.9. The molecule has 2 aliphatic rings. The molecular weight excluding hydrogens is 550 g/mol. The SMILES string of the molecule is CC.CC(NC(=O)C1CCCN1C(=O)C(NC(=O)NC(CC(=O)C1CC1)C(C)C)C(C)(C)C)C(=O)C(N)=O.CCC(C)C. The van der Waals surface area contributed by atoms with Gasteiger partial charge in [-0.25, -0.2) is 4.79 Å². The Kier molecular flexibility index (Phi) is 17.3. The number of primary amides is 1. The van der Waals surface area contributed by atoms with Crippen molar-refractivity contribution in [3.05, 3.63) is 0 Å². The molecule has 2 fully saturated rings. The first-order valence-corrected chi connectivity index (χ1v) is 15.9. The molecular formula is C32H59N5O6. The van der Waals surface area contributed by atoms with E-state index in [1.807, 2.05) is 48.5 Å². The van der Waals surface area contributed by atoms with E-state index >= 15 is 0 Å². The molecule has 5 N–H and O–H groups in total. The van der Waals surface area contributed by atoms with Crippen LogP contribution < -0.4 is 21.7 Å². The van der Waals surface area contributed by atoms with Gasteiger partial charge in [-0.05, 0) is 49.9 Å². The van der Waals surface area contributed by atoms with Crippen LogP contribution in [0.4, 0.5) is 4.79 Å². The molecule has 248 valence electrons. The van der Waals surface area contributed by atoms with E-state index in [9.17, 15) is 28.8 Å². The van der Waals surface area contributed by atoms with Crippen molar-refractivity contribution in [3.8, 4) is 0 Å². The van der Waals surface area contributed by atoms with E-state index in [-0.39, 0.29) is 30.1 Å². The predicted octanol–water partition coefficient (Wildman–Crippen LogP) is 3.72. The normalized spacial score (nSPS) is 18.3. The smallest absolute Gasteiger partial charge is 0.315 e. The van der Waals surface area contributed by atoms with Gasteiger partial charge in [-0.3, -0.25) is 24.0 Å². The maximum Gasteiger partial charge on any atom is 0.315 e. The molecule has 0 aromatic heterocycles. The van der Waals surface area contributed by atoms with Crippen LogP contribution in [0.15, 0.2) is 0 Å². The van der Waals surface area contributed by atoms with Crippen molar-refractivity contribution in [3.63, 3.8) is 0 Å². The second-order valence-electron chi connectivity index (χ2n) is 13.2. The number of carbonyl (C=O) groups is 6. The van der Waals surface area contributed by atoms with Crippen LogP contribution in [0.2, 0.25) is 0 Å². The number of hydrogen-bond acceptors (Lipinski definition) is 6. The molecule has 0 aromatic carbocycles. The Bertz CT molecular complexity index is 954. The van der Waals surface area contributed by atoms with Crippen molar-refractivity contribution in [2.45, 2.75) is 139 Å². The fraction of sp³-hybridized carbons (Fsp3) is 0.812. The maximum atomic E-state index is 13.6. The van der Waals surface area contributed by atoms with E-state index in [1.165, 1.54) is 18.2 Å². The van der Waals surface area contributed by atoms with Crippen LogP contribution in [-0.2, 0) is 24.0 Å². The van der Waals surface area contributed by atoms with Gasteiger partial charge in [0.05, 0.1) is 6.04 Å². The lowest BCUT2D eigenvalue weighted by atomic mass is 9.85. The van der Waals surface area contributed by atoms with Crippen molar-refractivity contribution in [2.75, 3.05) is 6.54 Å². The summed E-state index contributed by atoms with van der Waals surface area (Å²) in [5.74, 6) is -1.90. The van der Waals surface area contributed by atoms with Gasteiger partial charge < -0.3 is 26.6 Å². The topological polar surface area (TPSA) is 168 Å². The minimum absolute atomic E-state index is 0.0269. The van der Waals surface area contributed by atoms with Crippen molar-refractivity contribution >= 4 is 35.3 Å². The van der Waals surface area contributed by atoms with Crippen LogP contribution in [0.25, 0.3) is 0 Å². The molecule has 1 saturated heterocycles. The summed E-state index contributed by atoms with van der Waals surface area (Å²) in [6.45, 7) is 21.6. The predicted molar refractivity (Wildman–Crippen MR) is 169 cm³/mol. The first kappa shape index (κ1) is 40.0. The van der Waals surface area contributed by atoms with Gasteiger partial charge in [0.15, 0.2) is 0 Å². The van der Waals surface area contributed by atoms with Gasteiger partial charge in [0, 0.05) is 24.9 Å². The van der Waals surface area contributed by atoms with E-state index in [0.29, 0.717) is 19.4 Å². The zero-order valence-electron chi connectivity index (χ0n) is 28.5. The second-order valence-corrected chi connectivity index (χ2v) is 13.2. The number of hydrogen-bond donors (Lipinski definition) is 4. The number of Topliss-reactive ketones (excluding diaryl/α,β-unsaturated/α-hetero) is 2. The van der Waals surface area contributed by atoms with Gasteiger partial charge in [-0.2, -0.15) is 0 Å². The molecule has 1 aliphatic carbocycles. The summed E-state index contributed by atoms with van der Waals surface area (Å²) in [7, 11) is 0. The van der Waals surface area contributed by atoms with Crippen molar-refractivity contribution in [1.82, 2.24) is 20.9 Å². The molecule has 1 saturated carbocycles. The number of rotatable bonds is 12. The lowest BCUT2D eigenvalue weighted by Gasteiger charge is -2.36. The van der Waals surface area contributed by atoms with Crippen LogP contribution >= 0.6 is 0 Å². The molecule has 4 unspecified atom stereocenters. The monoisotopic (exact) mass is 609 g/mol. The number of nitrogens with one attached hydrogen (secondary N) is 3. The second kappa shape index (κ2) is 18.6. The minimum Gasteiger partial charge on any atom is -0.363 e. The summed E-state index contributed by atoms with van der Waals surface area (Å²) in [5.41, 5.74) is 4.33. The number of carbonyl (C=O) groups excluding carboxylic acids is 6. The summed E-state index contributed by atoms with van der Waals surface area (Å²) in [4.78, 5) is 75.9. The highest BCUT2D eigenvalue weighted by atomic mass is 16.2. The van der Waals surface area contributed by atoms with E-state index < -0.39 is 53.1 Å². The zero-order chi connectivity index (χ0) is 33.7. The zero-order valence-corrected chi connectivity index (χ0v) is 28.5. The van der Waals surface area contributed by atoms with Crippen LogP contribution in [0.5, 0.6) is 0 Å². The summed E-state index contributed by atoms with van der Waals surface area (Å²) in [6, 6.07) is -3.80. The number of ketones is 2. The number of nitrogens with zero attached hydrogens (tertiary/aromatic N) is 1. The molecule has 5 amide bonds. The Labute approximate surface area is 259 Å². The largest absolute Gasteiger partial charge is 0.363 e. The molecule has 11 nitrogen and oxygen atoms in total. The lowest BCUT2D eigenvalue weighted by Crippen LogP contribution is -2.60. The Balaban J connectivity index is 0.00000227. The third-order valence-electron chi connectivity index (χ3n) is 7.61. The van der Waals surface area contributed by atoms with E-state index in [2.05, 4.69) is 36.7 Å². The van der Waals surface area contributed by atoms with Crippen LogP contribution in [0, 0.1) is 23.2 Å². The molecule has 4 atom stereocenters. The van der Waals surface area contributed by atoms with E-state index in [0.717, 1.165) is 18.8 Å². The molecule has 11 heteroatoms. The molecule has 0 spiro atoms. The van der Waals surface area contributed by atoms with Gasteiger partial charge in [-0.1, -0.05) is 75.7 Å². The summed E-state index contributed by atoms with van der Waals surface area (Å²) in [6.07, 6.45) is 4.31. The average molecular weight is 610 g/mol. The molecule has 43 heavy (non-hydrogen) atoms. The van der Waals surface area contributed by atoms with Crippen LogP contribution in [-0.4, -0.2) is 70.9 Å². The van der Waals surface area contributed by atoms with Gasteiger partial charge in [0.1, 0.15) is 17.9 Å². The fourth-order valence-electron chi connectivity index (χ4n) is 4.29. The molecule has 1 aliphatic heterocycles. The highest BCUT2D eigenvalue weighted by molar-refractivity contribution is 6.37. The maximum absolute atomic E-state index is 13.6. The van der Waals surface area contributed by atoms with Gasteiger partial charge >= 0.3 is 6.03 Å². The van der Waals surface area contributed by atoms with E-state index in [4.69, 9.17) is 5.73 Å². The van der Waals surface area contributed by atoms with E-state index in [1.54, 1.807) is 0 Å². The molecule has 0 radical (unpaired) electrons. The van der Waals surface area contributed by atoms with Crippen molar-refractivity contribution < 1.29 is 28.8 Å². The number of urea groups is 1. The number of amides is 5. The lowest BCUT2D eigenvalue weighted by molar-refractivity contribution is -0.143. The quantitative estimate of drug-likeness (QED) is 0.246. The molecule has 0 bridgehead atoms. The van der Waals surface area contributed by atoms with Crippen LogP contribution in [0.3, 0.4) is 0 Å². The van der Waals surface area contributed by atoms with Gasteiger partial charge in [0.2, 0.25) is 17.6 Å². The Hall–Kier alpha value is -2.98. The Morgan fingerprint density at radius 1 is 0.884 bits per heavy atom. The van der Waals surface area contributed by atoms with Crippen molar-refractivity contribution in [2.24, 2.45) is 28.9 Å². The third kappa shape index (κ3) is 13.9. The standard InChI is InChI=1S/C25H41N5O6.C5H12.C2H6/c1-13(2)16(12-18(31)15-9-10-15)28-24(36)29-20(25(4,5)6)23(35)30-11-7-8-17(30)22(34)27-14(3)19(32)21(26)33;1-4-5(2)3;1-2/h13-17,20H,7-12H2,1-6H3,(H2,26,33)(H,27,34)(H2,28,29,36);5H,4H2,1-3H3;1-2H3. The summed E-state index contributed by atoms with van der Waals surface area (Å²) >= 11 is 0. The van der Waals surface area contributed by atoms with Gasteiger partial charge in [0.25, 0.3) is 5.91 Å². The highest BCUT2D eigenvalue weighted by Crippen LogP contribution is 2.32. The Morgan fingerprint density at radius 3 is 1.84 bits per heavy atom. The number of likely N-dealkylation sites (tertiary alicyclic amines) is 1. The van der Waals surface area contributed by atoms with Crippen molar-refractivity contribution in [1.29, 1.82) is 0 Å². The average Bonchev–Trinajstić information content (AvgIpc) is 3.67. The highest BCUT2D eigenvalue weighted by Gasteiger charge is 2.42. The molecule has 0 aromatic rings. The molecule has 1 heterocycles. The first-order chi connectivity index (χ1) is 19.9. The van der Waals surface area contributed by atoms with Crippen LogP contribution in [0.1, 0.15) is 115 Å². The minimum atomic E-state index is -1.15. The fourth-order valence-corrected chi connectivity index (χ4v) is 4.29.